The first kappa shape index (κ1) is 17.4. The first-order chi connectivity index (χ1) is 12.0. The van der Waals surface area contributed by atoms with Gasteiger partial charge in [-0.2, -0.15) is 0 Å². The van der Waals surface area contributed by atoms with Gasteiger partial charge in [0.25, 0.3) is 0 Å². The van der Waals surface area contributed by atoms with Gasteiger partial charge >= 0.3 is 0 Å². The largest absolute Gasteiger partial charge is 0.491 e. The molecule has 1 aliphatic heterocycles. The molecular weight excluding hydrogens is 316 g/mol. The van der Waals surface area contributed by atoms with Crippen molar-refractivity contribution in [2.24, 2.45) is 5.73 Å². The summed E-state index contributed by atoms with van der Waals surface area (Å²) in [7, 11) is 0. The van der Waals surface area contributed by atoms with Gasteiger partial charge in [-0.15, -0.1) is 0 Å². The topological polar surface area (TPSA) is 74.4 Å². The number of primary amides is 1. The molecule has 3 rings (SSSR count). The lowest BCUT2D eigenvalue weighted by Crippen LogP contribution is -2.18. The van der Waals surface area contributed by atoms with Gasteiger partial charge < -0.3 is 15.2 Å². The smallest absolute Gasteiger partial charge is 0.249 e. The molecule has 1 fully saturated rings. The zero-order valence-electron chi connectivity index (χ0n) is 14.7. The molecule has 0 spiro atoms. The highest BCUT2D eigenvalue weighted by atomic mass is 16.5. The summed E-state index contributed by atoms with van der Waals surface area (Å²) in [5.74, 6) is 0.203. The Morgan fingerprint density at radius 3 is 2.88 bits per heavy atom. The van der Waals surface area contributed by atoms with Crippen molar-refractivity contribution in [1.29, 1.82) is 0 Å². The number of pyridine rings is 1. The van der Waals surface area contributed by atoms with Gasteiger partial charge in [-0.1, -0.05) is 19.1 Å². The van der Waals surface area contributed by atoms with Gasteiger partial charge in [0.15, 0.2) is 0 Å². The van der Waals surface area contributed by atoms with Crippen LogP contribution in [-0.4, -0.2) is 30.2 Å². The highest BCUT2D eigenvalue weighted by Crippen LogP contribution is 2.29. The Labute approximate surface area is 148 Å². The Kier molecular flexibility index (Phi) is 5.34. The van der Waals surface area contributed by atoms with Crippen molar-refractivity contribution in [3.8, 4) is 5.75 Å². The minimum atomic E-state index is -0.454. The van der Waals surface area contributed by atoms with Crippen LogP contribution in [0.5, 0.6) is 5.75 Å². The number of aromatic nitrogens is 1. The van der Waals surface area contributed by atoms with Crippen LogP contribution in [0.15, 0.2) is 36.5 Å². The van der Waals surface area contributed by atoms with Crippen LogP contribution in [-0.2, 0) is 4.74 Å². The molecule has 2 atom stereocenters. The van der Waals surface area contributed by atoms with Crippen molar-refractivity contribution in [2.75, 3.05) is 13.2 Å². The standard InChI is InChI=1S/C20H24N2O3/c1-13-5-6-15(11-22-13)14(2)18-8-7-16(10-19(18)20(21)23)25-12-17-4-3-9-24-17/h5-8,10-11,14,17H,3-4,9,12H2,1-2H3,(H2,21,23)/t14-,17?/m0/s1. The van der Waals surface area contributed by atoms with E-state index in [9.17, 15) is 4.79 Å². The fourth-order valence-corrected chi connectivity index (χ4v) is 3.10. The lowest BCUT2D eigenvalue weighted by molar-refractivity contribution is 0.0679. The molecule has 2 heterocycles. The number of carbonyl (C=O) groups excluding carboxylic acids is 1. The third kappa shape index (κ3) is 4.17. The molecule has 0 saturated carbocycles. The molecule has 0 aliphatic carbocycles. The van der Waals surface area contributed by atoms with Crippen LogP contribution in [0.2, 0.25) is 0 Å². The van der Waals surface area contributed by atoms with E-state index in [4.69, 9.17) is 15.2 Å². The zero-order chi connectivity index (χ0) is 17.8. The second-order valence-electron chi connectivity index (χ2n) is 6.51. The summed E-state index contributed by atoms with van der Waals surface area (Å²) in [5, 5.41) is 0. The van der Waals surface area contributed by atoms with Gasteiger partial charge in [0.1, 0.15) is 12.4 Å². The maximum atomic E-state index is 12.0. The molecule has 5 nitrogen and oxygen atoms in total. The van der Waals surface area contributed by atoms with Gasteiger partial charge in [-0.25, -0.2) is 0 Å². The minimum absolute atomic E-state index is 0.0165. The number of ether oxygens (including phenoxy) is 2. The van der Waals surface area contributed by atoms with Crippen LogP contribution >= 0.6 is 0 Å². The molecule has 2 aromatic rings. The number of nitrogens with two attached hydrogens (primary N) is 1. The molecule has 1 saturated heterocycles. The van der Waals surface area contributed by atoms with Crippen LogP contribution in [0.3, 0.4) is 0 Å². The van der Waals surface area contributed by atoms with E-state index in [1.54, 1.807) is 6.07 Å². The predicted molar refractivity (Wildman–Crippen MR) is 95.9 cm³/mol. The number of amides is 1. The molecule has 1 amide bonds. The molecule has 1 aromatic carbocycles. The fourth-order valence-electron chi connectivity index (χ4n) is 3.10. The summed E-state index contributed by atoms with van der Waals surface area (Å²) in [4.78, 5) is 16.3. The van der Waals surface area contributed by atoms with Crippen molar-refractivity contribution in [3.63, 3.8) is 0 Å². The van der Waals surface area contributed by atoms with Gasteiger partial charge in [0, 0.05) is 30.0 Å². The maximum Gasteiger partial charge on any atom is 0.249 e. The molecule has 25 heavy (non-hydrogen) atoms. The SMILES string of the molecule is Cc1ccc([C@H](C)c2ccc(OCC3CCCO3)cc2C(N)=O)cn1. The lowest BCUT2D eigenvalue weighted by Gasteiger charge is -2.17. The van der Waals surface area contributed by atoms with Crippen molar-refractivity contribution >= 4 is 5.91 Å². The molecule has 2 N–H and O–H groups in total. The van der Waals surface area contributed by atoms with Gasteiger partial charge in [0.05, 0.1) is 6.10 Å². The van der Waals surface area contributed by atoms with E-state index in [0.29, 0.717) is 17.9 Å². The van der Waals surface area contributed by atoms with Crippen LogP contribution in [0, 0.1) is 6.92 Å². The predicted octanol–water partition coefficient (Wildman–Crippen LogP) is 3.20. The maximum absolute atomic E-state index is 12.0. The monoisotopic (exact) mass is 340 g/mol. The molecule has 1 aromatic heterocycles. The summed E-state index contributed by atoms with van der Waals surface area (Å²) in [6.07, 6.45) is 4.06. The van der Waals surface area contributed by atoms with Gasteiger partial charge in [-0.3, -0.25) is 9.78 Å². The van der Waals surface area contributed by atoms with Gasteiger partial charge in [-0.05, 0) is 49.1 Å². The van der Waals surface area contributed by atoms with E-state index in [2.05, 4.69) is 4.98 Å². The summed E-state index contributed by atoms with van der Waals surface area (Å²) in [6.45, 7) is 5.28. The van der Waals surface area contributed by atoms with Crippen LogP contribution in [0.1, 0.15) is 52.9 Å². The average Bonchev–Trinajstić information content (AvgIpc) is 3.13. The molecule has 1 unspecified atom stereocenters. The first-order valence-electron chi connectivity index (χ1n) is 8.65. The highest BCUT2D eigenvalue weighted by molar-refractivity contribution is 5.95. The van der Waals surface area contributed by atoms with E-state index in [0.717, 1.165) is 36.3 Å². The number of rotatable bonds is 6. The quantitative estimate of drug-likeness (QED) is 0.876. The van der Waals surface area contributed by atoms with Crippen molar-refractivity contribution in [1.82, 2.24) is 4.98 Å². The molecule has 5 heteroatoms. The summed E-state index contributed by atoms with van der Waals surface area (Å²) in [5.41, 5.74) is 8.97. The normalized spacial score (nSPS) is 18.1. The summed E-state index contributed by atoms with van der Waals surface area (Å²) >= 11 is 0. The summed E-state index contributed by atoms with van der Waals surface area (Å²) in [6, 6.07) is 9.52. The van der Waals surface area contributed by atoms with E-state index in [1.165, 1.54) is 0 Å². The van der Waals surface area contributed by atoms with Crippen molar-refractivity contribution in [2.45, 2.75) is 38.7 Å². The first-order valence-corrected chi connectivity index (χ1v) is 8.65. The Morgan fingerprint density at radius 1 is 1.40 bits per heavy atom. The second-order valence-corrected chi connectivity index (χ2v) is 6.51. The third-order valence-corrected chi connectivity index (χ3v) is 4.65. The van der Waals surface area contributed by atoms with E-state index >= 15 is 0 Å². The van der Waals surface area contributed by atoms with Crippen LogP contribution in [0.4, 0.5) is 0 Å². The number of benzene rings is 1. The Bertz CT molecular complexity index is 737. The van der Waals surface area contributed by atoms with Crippen LogP contribution < -0.4 is 10.5 Å². The van der Waals surface area contributed by atoms with E-state index in [-0.39, 0.29) is 12.0 Å². The molecule has 1 aliphatic rings. The third-order valence-electron chi connectivity index (χ3n) is 4.65. The Morgan fingerprint density at radius 2 is 2.24 bits per heavy atom. The van der Waals surface area contributed by atoms with Crippen molar-refractivity contribution in [3.05, 3.63) is 58.9 Å². The number of aryl methyl sites for hydroxylation is 1. The Hall–Kier alpha value is -2.40. The zero-order valence-corrected chi connectivity index (χ0v) is 14.7. The minimum Gasteiger partial charge on any atom is -0.491 e. The fraction of sp³-hybridized carbons (Fsp3) is 0.400. The molecule has 0 bridgehead atoms. The van der Waals surface area contributed by atoms with E-state index < -0.39 is 5.91 Å². The number of hydrogen-bond donors (Lipinski definition) is 1. The van der Waals surface area contributed by atoms with Gasteiger partial charge in [0.2, 0.25) is 5.91 Å². The number of carbonyl (C=O) groups is 1. The number of hydrogen-bond acceptors (Lipinski definition) is 4. The molecule has 0 radical (unpaired) electrons. The number of nitrogens with zero attached hydrogens (tertiary/aromatic N) is 1. The average molecular weight is 340 g/mol. The Balaban J connectivity index is 1.81. The molecule has 132 valence electrons. The van der Waals surface area contributed by atoms with E-state index in [1.807, 2.05) is 44.3 Å². The molecular formula is C20H24N2O3. The highest BCUT2D eigenvalue weighted by Gasteiger charge is 2.19. The summed E-state index contributed by atoms with van der Waals surface area (Å²) < 4.78 is 11.4. The van der Waals surface area contributed by atoms with Crippen LogP contribution in [0.25, 0.3) is 0 Å². The van der Waals surface area contributed by atoms with Crippen molar-refractivity contribution < 1.29 is 14.3 Å². The lowest BCUT2D eigenvalue weighted by atomic mass is 9.90. The second kappa shape index (κ2) is 7.66.